The van der Waals surface area contributed by atoms with Crippen molar-refractivity contribution in [3.8, 4) is 33.4 Å². The minimum absolute atomic E-state index is 0.355. The fourth-order valence-corrected chi connectivity index (χ4v) is 3.25. The number of carbonyl (C=O) groups is 1. The zero-order valence-corrected chi connectivity index (χ0v) is 15.1. The van der Waals surface area contributed by atoms with Crippen molar-refractivity contribution in [2.45, 2.75) is 0 Å². The molecule has 0 heterocycles. The van der Waals surface area contributed by atoms with Crippen LogP contribution in [0.3, 0.4) is 0 Å². The fourth-order valence-electron chi connectivity index (χ4n) is 3.25. The lowest BCUT2D eigenvalue weighted by atomic mass is 9.93. The third-order valence-electron chi connectivity index (χ3n) is 4.70. The van der Waals surface area contributed by atoms with Crippen LogP contribution >= 0.6 is 0 Å². The van der Waals surface area contributed by atoms with Crippen LogP contribution in [0.2, 0.25) is 0 Å². The van der Waals surface area contributed by atoms with Crippen LogP contribution in [0, 0.1) is 5.39 Å². The molecule has 4 rings (SSSR count). The van der Waals surface area contributed by atoms with Gasteiger partial charge in [0.1, 0.15) is 5.56 Å². The summed E-state index contributed by atoms with van der Waals surface area (Å²) in [7, 11) is 0. The average Bonchev–Trinajstić information content (AvgIpc) is 2.79. The van der Waals surface area contributed by atoms with Crippen LogP contribution in [0.5, 0.6) is 0 Å². The van der Waals surface area contributed by atoms with Crippen LogP contribution in [0.25, 0.3) is 38.4 Å². The van der Waals surface area contributed by atoms with Crippen molar-refractivity contribution in [3.63, 3.8) is 0 Å². The molecule has 0 radical (unpaired) electrons. The van der Waals surface area contributed by atoms with Crippen LogP contribution < -0.4 is 0 Å². The Labute approximate surface area is 163 Å². The van der Waals surface area contributed by atoms with E-state index in [9.17, 15) is 4.79 Å². The highest BCUT2D eigenvalue weighted by atomic mass is 16.1. The Morgan fingerprint density at radius 3 is 1.32 bits per heavy atom. The quantitative estimate of drug-likeness (QED) is 0.381. The SMILES string of the molecule is N#[N+]C(=O)c1ccc(-c2cc(-c3ccccc3)cc(-c3ccccc3)c2)cc1. The molecule has 28 heavy (non-hydrogen) atoms. The smallest absolute Gasteiger partial charge is 0.193 e. The molecular formula is C25H17N2O+. The topological polar surface area (TPSA) is 45.2 Å². The van der Waals surface area contributed by atoms with Crippen LogP contribution in [-0.4, -0.2) is 5.91 Å². The highest BCUT2D eigenvalue weighted by Crippen LogP contribution is 2.33. The van der Waals surface area contributed by atoms with Crippen LogP contribution in [0.15, 0.2) is 103 Å². The van der Waals surface area contributed by atoms with E-state index in [-0.39, 0.29) is 0 Å². The van der Waals surface area contributed by atoms with Gasteiger partial charge in [-0.3, -0.25) is 0 Å². The van der Waals surface area contributed by atoms with Gasteiger partial charge >= 0.3 is 5.91 Å². The second-order valence-electron chi connectivity index (χ2n) is 6.51. The maximum Gasteiger partial charge on any atom is 0.593 e. The Balaban J connectivity index is 1.85. The second kappa shape index (κ2) is 7.69. The van der Waals surface area contributed by atoms with Gasteiger partial charge < -0.3 is 0 Å². The largest absolute Gasteiger partial charge is 0.593 e. The summed E-state index contributed by atoms with van der Waals surface area (Å²) in [6.07, 6.45) is 0. The summed E-state index contributed by atoms with van der Waals surface area (Å²) in [5, 5.41) is 8.67. The minimum atomic E-state index is -0.644. The Hall–Kier alpha value is -4.03. The molecule has 132 valence electrons. The van der Waals surface area contributed by atoms with Crippen LogP contribution in [-0.2, 0) is 0 Å². The van der Waals surface area contributed by atoms with E-state index in [2.05, 4.69) is 47.4 Å². The highest BCUT2D eigenvalue weighted by molar-refractivity contribution is 6.01. The second-order valence-corrected chi connectivity index (χ2v) is 6.51. The van der Waals surface area contributed by atoms with Crippen molar-refractivity contribution in [1.29, 1.82) is 5.39 Å². The molecule has 0 spiro atoms. The first-order chi connectivity index (χ1) is 13.7. The first-order valence-corrected chi connectivity index (χ1v) is 9.00. The molecular weight excluding hydrogens is 344 g/mol. The van der Waals surface area contributed by atoms with Crippen molar-refractivity contribution in [3.05, 3.63) is 114 Å². The molecule has 0 aliphatic heterocycles. The van der Waals surface area contributed by atoms with E-state index >= 15 is 0 Å². The molecule has 0 bridgehead atoms. The van der Waals surface area contributed by atoms with Crippen molar-refractivity contribution in [2.75, 3.05) is 0 Å². The molecule has 0 fully saturated rings. The number of carbonyl (C=O) groups excluding carboxylic acids is 1. The standard InChI is InChI=1S/C25H17N2O/c26-27-25(28)21-13-11-20(12-14-21)24-16-22(18-7-3-1-4-8-18)15-23(17-24)19-9-5-2-6-10-19/h1-17H/q+1. The van der Waals surface area contributed by atoms with E-state index in [1.807, 2.05) is 48.5 Å². The summed E-state index contributed by atoms with van der Waals surface area (Å²) >= 11 is 0. The molecule has 0 saturated carbocycles. The van der Waals surface area contributed by atoms with Gasteiger partial charge in [-0.1, -0.05) is 72.8 Å². The zero-order valence-electron chi connectivity index (χ0n) is 15.1. The number of hydrogen-bond acceptors (Lipinski definition) is 2. The van der Waals surface area contributed by atoms with Crippen molar-refractivity contribution >= 4 is 5.91 Å². The lowest BCUT2D eigenvalue weighted by Gasteiger charge is -2.11. The maximum absolute atomic E-state index is 11.5. The van der Waals surface area contributed by atoms with Gasteiger partial charge in [0.2, 0.25) is 10.4 Å². The van der Waals surface area contributed by atoms with Crippen molar-refractivity contribution in [1.82, 2.24) is 0 Å². The van der Waals surface area contributed by atoms with Gasteiger partial charge in [-0.2, -0.15) is 4.79 Å². The van der Waals surface area contributed by atoms with Crippen LogP contribution in [0.1, 0.15) is 10.4 Å². The highest BCUT2D eigenvalue weighted by Gasteiger charge is 2.17. The van der Waals surface area contributed by atoms with Gasteiger partial charge in [-0.05, 0) is 63.7 Å². The molecule has 0 aliphatic carbocycles. The molecule has 0 atom stereocenters. The Morgan fingerprint density at radius 1 is 0.536 bits per heavy atom. The third-order valence-corrected chi connectivity index (χ3v) is 4.70. The number of rotatable bonds is 4. The molecule has 0 aliphatic rings. The number of nitrogens with zero attached hydrogens (tertiary/aromatic N) is 2. The lowest BCUT2D eigenvalue weighted by Crippen LogP contribution is -1.91. The molecule has 0 aromatic heterocycles. The molecule has 1 amide bonds. The maximum atomic E-state index is 11.5. The van der Waals surface area contributed by atoms with E-state index in [0.29, 0.717) is 5.56 Å². The Bertz CT molecular complexity index is 1100. The van der Waals surface area contributed by atoms with Gasteiger partial charge in [0, 0.05) is 0 Å². The molecule has 0 saturated heterocycles. The summed E-state index contributed by atoms with van der Waals surface area (Å²) in [4.78, 5) is 14.3. The van der Waals surface area contributed by atoms with Crippen molar-refractivity contribution in [2.24, 2.45) is 0 Å². The van der Waals surface area contributed by atoms with E-state index in [0.717, 1.165) is 33.4 Å². The van der Waals surface area contributed by atoms with E-state index in [1.54, 1.807) is 12.1 Å². The Kier molecular flexibility index (Phi) is 4.78. The molecule has 3 heteroatoms. The molecule has 3 nitrogen and oxygen atoms in total. The summed E-state index contributed by atoms with van der Waals surface area (Å²) in [6, 6.07) is 34.1. The summed E-state index contributed by atoms with van der Waals surface area (Å²) in [5.74, 6) is -0.644. The predicted molar refractivity (Wildman–Crippen MR) is 112 cm³/mol. The lowest BCUT2D eigenvalue weighted by molar-refractivity contribution is 0.104. The van der Waals surface area contributed by atoms with Crippen molar-refractivity contribution < 1.29 is 4.79 Å². The first kappa shape index (κ1) is 17.4. The Morgan fingerprint density at radius 2 is 0.929 bits per heavy atom. The molecule has 0 unspecified atom stereocenters. The average molecular weight is 361 g/mol. The molecule has 0 N–H and O–H groups in total. The molecule has 4 aromatic carbocycles. The normalized spacial score (nSPS) is 10.2. The fraction of sp³-hybridized carbons (Fsp3) is 0. The van der Waals surface area contributed by atoms with E-state index < -0.39 is 5.91 Å². The number of benzene rings is 4. The monoisotopic (exact) mass is 361 g/mol. The van der Waals surface area contributed by atoms with Gasteiger partial charge in [-0.25, -0.2) is 0 Å². The summed E-state index contributed by atoms with van der Waals surface area (Å²) in [6.45, 7) is 0. The van der Waals surface area contributed by atoms with E-state index in [4.69, 9.17) is 5.39 Å². The van der Waals surface area contributed by atoms with Gasteiger partial charge in [0.05, 0.1) is 0 Å². The van der Waals surface area contributed by atoms with Gasteiger partial charge in [-0.15, -0.1) is 0 Å². The van der Waals surface area contributed by atoms with Gasteiger partial charge in [0.15, 0.2) is 0 Å². The third kappa shape index (κ3) is 3.58. The van der Waals surface area contributed by atoms with Gasteiger partial charge in [0.25, 0.3) is 0 Å². The summed E-state index contributed by atoms with van der Waals surface area (Å²) < 4.78 is 0. The van der Waals surface area contributed by atoms with E-state index in [1.165, 1.54) is 0 Å². The summed E-state index contributed by atoms with van der Waals surface area (Å²) in [5.41, 5.74) is 6.95. The predicted octanol–water partition coefficient (Wildman–Crippen LogP) is 6.68. The zero-order chi connectivity index (χ0) is 19.3. The number of amides is 1. The first-order valence-electron chi connectivity index (χ1n) is 9.00. The number of hydrogen-bond donors (Lipinski definition) is 0. The number of diazo groups is 1. The van der Waals surface area contributed by atoms with Crippen LogP contribution in [0.4, 0.5) is 0 Å². The molecule has 4 aromatic rings. The minimum Gasteiger partial charge on any atom is -0.193 e.